The number of para-hydroxylation sites is 1. The standard InChI is InChI=1S/C13H17ClN4O2/c1-15-13(20)18-8-4-7-11(18)12(19)17-16-10-6-3-2-5-9(10)14/h2-3,5-6,11,16H,4,7-8H2,1H3,(H,15,20)(H,17,19). The fourth-order valence-electron chi connectivity index (χ4n) is 2.20. The monoisotopic (exact) mass is 296 g/mol. The molecule has 1 unspecified atom stereocenters. The number of nitrogens with one attached hydrogen (secondary N) is 3. The van der Waals surface area contributed by atoms with Crippen LogP contribution in [0.25, 0.3) is 0 Å². The Bertz CT molecular complexity index is 509. The van der Waals surface area contributed by atoms with E-state index >= 15 is 0 Å². The van der Waals surface area contributed by atoms with Crippen molar-refractivity contribution in [1.29, 1.82) is 0 Å². The van der Waals surface area contributed by atoms with Crippen LogP contribution >= 0.6 is 11.6 Å². The number of halogens is 1. The lowest BCUT2D eigenvalue weighted by Gasteiger charge is -2.23. The first-order valence-electron chi connectivity index (χ1n) is 6.42. The van der Waals surface area contributed by atoms with Crippen molar-refractivity contribution in [3.63, 3.8) is 0 Å². The van der Waals surface area contributed by atoms with Gasteiger partial charge in [-0.1, -0.05) is 23.7 Å². The summed E-state index contributed by atoms with van der Waals surface area (Å²) in [6, 6.07) is 6.41. The minimum Gasteiger partial charge on any atom is -0.341 e. The van der Waals surface area contributed by atoms with E-state index in [1.807, 2.05) is 6.07 Å². The number of urea groups is 1. The van der Waals surface area contributed by atoms with Gasteiger partial charge in [0.1, 0.15) is 6.04 Å². The molecule has 7 heteroatoms. The molecule has 0 aliphatic carbocycles. The molecule has 0 aromatic heterocycles. The Morgan fingerprint density at radius 2 is 2.10 bits per heavy atom. The maximum Gasteiger partial charge on any atom is 0.317 e. The van der Waals surface area contributed by atoms with Crippen LogP contribution in [0.15, 0.2) is 24.3 Å². The van der Waals surface area contributed by atoms with Crippen molar-refractivity contribution in [2.75, 3.05) is 19.0 Å². The number of anilines is 1. The molecular formula is C13H17ClN4O2. The first kappa shape index (κ1) is 14.5. The maximum atomic E-state index is 12.1. The molecule has 1 atom stereocenters. The number of rotatable bonds is 3. The highest BCUT2D eigenvalue weighted by molar-refractivity contribution is 6.33. The van der Waals surface area contributed by atoms with Gasteiger partial charge in [0.05, 0.1) is 10.7 Å². The van der Waals surface area contributed by atoms with Crippen LogP contribution in [0.1, 0.15) is 12.8 Å². The van der Waals surface area contributed by atoms with Gasteiger partial charge in [0.25, 0.3) is 5.91 Å². The number of hydrazine groups is 1. The van der Waals surface area contributed by atoms with Crippen LogP contribution in [0.4, 0.5) is 10.5 Å². The highest BCUT2D eigenvalue weighted by Gasteiger charge is 2.33. The van der Waals surface area contributed by atoms with Gasteiger partial charge in [-0.05, 0) is 25.0 Å². The minimum absolute atomic E-state index is 0.236. The molecular weight excluding hydrogens is 280 g/mol. The van der Waals surface area contributed by atoms with Crippen molar-refractivity contribution >= 4 is 29.2 Å². The van der Waals surface area contributed by atoms with E-state index in [0.717, 1.165) is 6.42 Å². The van der Waals surface area contributed by atoms with Crippen LogP contribution < -0.4 is 16.2 Å². The predicted molar refractivity (Wildman–Crippen MR) is 77.4 cm³/mol. The molecule has 3 amide bonds. The molecule has 0 radical (unpaired) electrons. The molecule has 0 bridgehead atoms. The third kappa shape index (κ3) is 3.14. The average Bonchev–Trinajstić information content (AvgIpc) is 2.94. The zero-order valence-electron chi connectivity index (χ0n) is 11.1. The van der Waals surface area contributed by atoms with E-state index in [-0.39, 0.29) is 11.9 Å². The summed E-state index contributed by atoms with van der Waals surface area (Å²) in [5.41, 5.74) is 5.99. The second kappa shape index (κ2) is 6.47. The maximum absolute atomic E-state index is 12.1. The first-order valence-corrected chi connectivity index (χ1v) is 6.80. The molecule has 1 heterocycles. The van der Waals surface area contributed by atoms with Crippen molar-refractivity contribution in [2.45, 2.75) is 18.9 Å². The number of hydrogen-bond acceptors (Lipinski definition) is 3. The molecule has 1 aliphatic heterocycles. The SMILES string of the molecule is CNC(=O)N1CCCC1C(=O)NNc1ccccc1Cl. The number of amides is 3. The second-order valence-corrected chi connectivity index (χ2v) is 4.91. The van der Waals surface area contributed by atoms with Gasteiger partial charge < -0.3 is 10.2 Å². The summed E-state index contributed by atoms with van der Waals surface area (Å²) in [7, 11) is 1.55. The normalized spacial score (nSPS) is 17.7. The number of benzene rings is 1. The molecule has 0 saturated carbocycles. The summed E-state index contributed by atoms with van der Waals surface area (Å²) < 4.78 is 0. The summed E-state index contributed by atoms with van der Waals surface area (Å²) in [5.74, 6) is -0.244. The molecule has 0 spiro atoms. The van der Waals surface area contributed by atoms with Crippen LogP contribution in [0.3, 0.4) is 0 Å². The molecule has 3 N–H and O–H groups in total. The van der Waals surface area contributed by atoms with Crippen LogP contribution in [-0.4, -0.2) is 36.5 Å². The molecule has 1 saturated heterocycles. The summed E-state index contributed by atoms with van der Waals surface area (Å²) >= 11 is 5.98. The summed E-state index contributed by atoms with van der Waals surface area (Å²) in [5, 5.41) is 3.06. The largest absolute Gasteiger partial charge is 0.341 e. The van der Waals surface area contributed by atoms with Gasteiger partial charge in [0.15, 0.2) is 0 Å². The fourth-order valence-corrected chi connectivity index (χ4v) is 2.38. The average molecular weight is 297 g/mol. The molecule has 20 heavy (non-hydrogen) atoms. The molecule has 108 valence electrons. The van der Waals surface area contributed by atoms with Crippen LogP contribution in [0.2, 0.25) is 5.02 Å². The van der Waals surface area contributed by atoms with E-state index in [9.17, 15) is 9.59 Å². The third-order valence-electron chi connectivity index (χ3n) is 3.22. The Morgan fingerprint density at radius 3 is 2.80 bits per heavy atom. The lowest BCUT2D eigenvalue weighted by molar-refractivity contribution is -0.124. The van der Waals surface area contributed by atoms with E-state index in [1.165, 1.54) is 4.90 Å². The minimum atomic E-state index is -0.454. The summed E-state index contributed by atoms with van der Waals surface area (Å²) in [6.07, 6.45) is 1.47. The van der Waals surface area contributed by atoms with Gasteiger partial charge in [-0.15, -0.1) is 0 Å². The van der Waals surface area contributed by atoms with E-state index < -0.39 is 6.04 Å². The summed E-state index contributed by atoms with van der Waals surface area (Å²) in [6.45, 7) is 0.587. The van der Waals surface area contributed by atoms with Crippen molar-refractivity contribution in [3.8, 4) is 0 Å². The highest BCUT2D eigenvalue weighted by atomic mass is 35.5. The molecule has 1 fully saturated rings. The smallest absolute Gasteiger partial charge is 0.317 e. The zero-order chi connectivity index (χ0) is 14.5. The van der Waals surface area contributed by atoms with Crippen molar-refractivity contribution < 1.29 is 9.59 Å². The molecule has 6 nitrogen and oxygen atoms in total. The lowest BCUT2D eigenvalue weighted by atomic mass is 10.2. The van der Waals surface area contributed by atoms with Crippen LogP contribution in [0, 0.1) is 0 Å². The van der Waals surface area contributed by atoms with E-state index in [4.69, 9.17) is 11.6 Å². The first-order chi connectivity index (χ1) is 9.63. The Hall–Kier alpha value is -1.95. The number of carbonyl (C=O) groups excluding carboxylic acids is 2. The van der Waals surface area contributed by atoms with E-state index in [1.54, 1.807) is 25.2 Å². The van der Waals surface area contributed by atoms with Gasteiger partial charge in [0, 0.05) is 13.6 Å². The summed E-state index contributed by atoms with van der Waals surface area (Å²) in [4.78, 5) is 25.3. The highest BCUT2D eigenvalue weighted by Crippen LogP contribution is 2.20. The molecule has 1 aliphatic rings. The van der Waals surface area contributed by atoms with Gasteiger partial charge in [0.2, 0.25) is 0 Å². The quantitative estimate of drug-likeness (QED) is 0.742. The number of carbonyl (C=O) groups is 2. The second-order valence-electron chi connectivity index (χ2n) is 4.50. The number of hydrogen-bond donors (Lipinski definition) is 3. The molecule has 1 aromatic rings. The zero-order valence-corrected chi connectivity index (χ0v) is 11.9. The lowest BCUT2D eigenvalue weighted by Crippen LogP contribution is -2.49. The number of nitrogens with zero attached hydrogens (tertiary/aromatic N) is 1. The third-order valence-corrected chi connectivity index (χ3v) is 3.55. The van der Waals surface area contributed by atoms with Gasteiger partial charge in [-0.3, -0.25) is 15.6 Å². The molecule has 2 rings (SSSR count). The van der Waals surface area contributed by atoms with Crippen molar-refractivity contribution in [3.05, 3.63) is 29.3 Å². The Labute approximate surface area is 122 Å². The van der Waals surface area contributed by atoms with E-state index in [2.05, 4.69) is 16.2 Å². The van der Waals surface area contributed by atoms with Gasteiger partial charge in [-0.2, -0.15) is 0 Å². The van der Waals surface area contributed by atoms with Crippen molar-refractivity contribution in [2.24, 2.45) is 0 Å². The Kier molecular flexibility index (Phi) is 4.68. The van der Waals surface area contributed by atoms with Gasteiger partial charge in [-0.25, -0.2) is 4.79 Å². The van der Waals surface area contributed by atoms with Crippen LogP contribution in [-0.2, 0) is 4.79 Å². The number of likely N-dealkylation sites (tertiary alicyclic amines) is 1. The van der Waals surface area contributed by atoms with Crippen LogP contribution in [0.5, 0.6) is 0 Å². The van der Waals surface area contributed by atoms with Gasteiger partial charge >= 0.3 is 6.03 Å². The fraction of sp³-hybridized carbons (Fsp3) is 0.385. The molecule has 1 aromatic carbocycles. The topological polar surface area (TPSA) is 73.5 Å². The van der Waals surface area contributed by atoms with E-state index in [0.29, 0.717) is 23.7 Å². The predicted octanol–water partition coefficient (Wildman–Crippen LogP) is 1.59. The van der Waals surface area contributed by atoms with Crippen molar-refractivity contribution in [1.82, 2.24) is 15.6 Å². The Balaban J connectivity index is 1.95. The Morgan fingerprint density at radius 1 is 1.35 bits per heavy atom.